The zero-order chi connectivity index (χ0) is 14.5. The van der Waals surface area contributed by atoms with Crippen LogP contribution in [-0.4, -0.2) is 12.0 Å². The number of halogens is 1. The summed E-state index contributed by atoms with van der Waals surface area (Å²) in [5, 5.41) is 10.6. The largest absolute Gasteiger partial charge is 0.497 e. The van der Waals surface area contributed by atoms with E-state index in [0.29, 0.717) is 0 Å². The van der Waals surface area contributed by atoms with E-state index in [1.807, 2.05) is 30.3 Å². The van der Waals surface area contributed by atoms with E-state index in [4.69, 9.17) is 4.74 Å². The lowest BCUT2D eigenvalue weighted by Gasteiger charge is -2.03. The minimum absolute atomic E-state index is 0.0859. The van der Waals surface area contributed by atoms with E-state index in [9.17, 15) is 10.1 Å². The van der Waals surface area contributed by atoms with Gasteiger partial charge < -0.3 is 4.74 Å². The molecule has 0 aliphatic rings. The summed E-state index contributed by atoms with van der Waals surface area (Å²) in [7, 11) is 1.62. The van der Waals surface area contributed by atoms with Crippen molar-refractivity contribution in [2.24, 2.45) is 0 Å². The van der Waals surface area contributed by atoms with Gasteiger partial charge in [-0.05, 0) is 41.5 Å². The van der Waals surface area contributed by atoms with E-state index in [2.05, 4.69) is 15.9 Å². The summed E-state index contributed by atoms with van der Waals surface area (Å²) in [6.45, 7) is 0. The predicted octanol–water partition coefficient (Wildman–Crippen LogP) is 4.50. The van der Waals surface area contributed by atoms with E-state index in [-0.39, 0.29) is 5.69 Å². The van der Waals surface area contributed by atoms with E-state index in [1.54, 1.807) is 19.2 Å². The average molecular weight is 334 g/mol. The number of hydrogen-bond donors (Lipinski definition) is 0. The van der Waals surface area contributed by atoms with Gasteiger partial charge in [-0.25, -0.2) is 0 Å². The van der Waals surface area contributed by atoms with E-state index in [0.717, 1.165) is 21.4 Å². The third-order valence-electron chi connectivity index (χ3n) is 2.76. The summed E-state index contributed by atoms with van der Waals surface area (Å²) >= 11 is 3.50. The first-order valence-electron chi connectivity index (χ1n) is 5.86. The SMILES string of the molecule is COc1ccc(C(Br)=Cc2ccc([N+](=O)[O-])cc2)cc1. The van der Waals surface area contributed by atoms with E-state index in [1.165, 1.54) is 12.1 Å². The van der Waals surface area contributed by atoms with E-state index >= 15 is 0 Å². The number of methoxy groups -OCH3 is 1. The van der Waals surface area contributed by atoms with Crippen LogP contribution in [0.15, 0.2) is 48.5 Å². The molecular formula is C15H12BrNO3. The van der Waals surface area contributed by atoms with Crippen LogP contribution in [0.2, 0.25) is 0 Å². The molecule has 2 rings (SSSR count). The van der Waals surface area contributed by atoms with Gasteiger partial charge in [0.05, 0.1) is 12.0 Å². The van der Waals surface area contributed by atoms with Gasteiger partial charge in [-0.15, -0.1) is 0 Å². The third-order valence-corrected chi connectivity index (χ3v) is 3.45. The summed E-state index contributed by atoms with van der Waals surface area (Å²) in [5.41, 5.74) is 1.98. The van der Waals surface area contributed by atoms with Gasteiger partial charge in [-0.1, -0.05) is 28.1 Å². The lowest BCUT2D eigenvalue weighted by Crippen LogP contribution is -1.87. The van der Waals surface area contributed by atoms with Crippen molar-refractivity contribution < 1.29 is 9.66 Å². The Morgan fingerprint density at radius 2 is 1.75 bits per heavy atom. The van der Waals surface area contributed by atoms with Gasteiger partial charge in [-0.3, -0.25) is 10.1 Å². The number of non-ortho nitro benzene ring substituents is 1. The van der Waals surface area contributed by atoms with Crippen LogP contribution in [0.25, 0.3) is 10.6 Å². The van der Waals surface area contributed by atoms with Gasteiger partial charge >= 0.3 is 0 Å². The van der Waals surface area contributed by atoms with Crippen molar-refractivity contribution in [3.63, 3.8) is 0 Å². The molecule has 0 saturated carbocycles. The smallest absolute Gasteiger partial charge is 0.269 e. The van der Waals surface area contributed by atoms with Gasteiger partial charge in [0, 0.05) is 16.6 Å². The number of nitro groups is 1. The minimum Gasteiger partial charge on any atom is -0.497 e. The molecule has 0 N–H and O–H groups in total. The maximum Gasteiger partial charge on any atom is 0.269 e. The molecule has 0 bridgehead atoms. The van der Waals surface area contributed by atoms with Gasteiger partial charge in [0.2, 0.25) is 0 Å². The minimum atomic E-state index is -0.411. The molecule has 2 aromatic rings. The Labute approximate surface area is 125 Å². The number of nitrogens with zero attached hydrogens (tertiary/aromatic N) is 1. The fourth-order valence-corrected chi connectivity index (χ4v) is 2.20. The van der Waals surface area contributed by atoms with Gasteiger partial charge in [0.15, 0.2) is 0 Å². The van der Waals surface area contributed by atoms with Crippen LogP contribution in [-0.2, 0) is 0 Å². The maximum absolute atomic E-state index is 10.6. The van der Waals surface area contributed by atoms with Crippen LogP contribution in [0.4, 0.5) is 5.69 Å². The Balaban J connectivity index is 2.22. The number of ether oxygens (including phenoxy) is 1. The normalized spacial score (nSPS) is 11.2. The molecule has 0 saturated heterocycles. The number of nitro benzene ring substituents is 1. The molecule has 0 unspecified atom stereocenters. The number of hydrogen-bond acceptors (Lipinski definition) is 3. The van der Waals surface area contributed by atoms with E-state index < -0.39 is 4.92 Å². The van der Waals surface area contributed by atoms with Crippen molar-refractivity contribution in [3.8, 4) is 5.75 Å². The maximum atomic E-state index is 10.6. The topological polar surface area (TPSA) is 52.4 Å². The Kier molecular flexibility index (Phi) is 4.53. The van der Waals surface area contributed by atoms with Crippen molar-refractivity contribution >= 4 is 32.2 Å². The first-order chi connectivity index (χ1) is 9.60. The van der Waals surface area contributed by atoms with Crippen molar-refractivity contribution in [2.45, 2.75) is 0 Å². The Hall–Kier alpha value is -2.14. The summed E-state index contributed by atoms with van der Waals surface area (Å²) in [6.07, 6.45) is 1.91. The fourth-order valence-electron chi connectivity index (χ4n) is 1.67. The average Bonchev–Trinajstić information content (AvgIpc) is 2.48. The first-order valence-corrected chi connectivity index (χ1v) is 6.65. The van der Waals surface area contributed by atoms with Crippen molar-refractivity contribution in [3.05, 3.63) is 69.8 Å². The third kappa shape index (κ3) is 3.45. The molecule has 0 atom stereocenters. The Bertz CT molecular complexity index is 633. The van der Waals surface area contributed by atoms with Crippen LogP contribution < -0.4 is 4.74 Å². The predicted molar refractivity (Wildman–Crippen MR) is 82.9 cm³/mol. The molecule has 0 aliphatic heterocycles. The second-order valence-electron chi connectivity index (χ2n) is 4.07. The molecule has 0 spiro atoms. The van der Waals surface area contributed by atoms with Gasteiger partial charge in [0.25, 0.3) is 5.69 Å². The highest BCUT2D eigenvalue weighted by Crippen LogP contribution is 2.26. The summed E-state index contributed by atoms with van der Waals surface area (Å²) in [4.78, 5) is 10.2. The highest BCUT2D eigenvalue weighted by Gasteiger charge is 2.04. The highest BCUT2D eigenvalue weighted by atomic mass is 79.9. The molecule has 0 radical (unpaired) electrons. The van der Waals surface area contributed by atoms with Crippen LogP contribution in [0.1, 0.15) is 11.1 Å². The van der Waals surface area contributed by atoms with Crippen LogP contribution >= 0.6 is 15.9 Å². The molecule has 5 heteroatoms. The fraction of sp³-hybridized carbons (Fsp3) is 0.0667. The Morgan fingerprint density at radius 1 is 1.15 bits per heavy atom. The highest BCUT2D eigenvalue weighted by molar-refractivity contribution is 9.15. The quantitative estimate of drug-likeness (QED) is 0.470. The number of benzene rings is 2. The van der Waals surface area contributed by atoms with Crippen molar-refractivity contribution in [1.82, 2.24) is 0 Å². The molecule has 0 heterocycles. The molecule has 0 aliphatic carbocycles. The lowest BCUT2D eigenvalue weighted by atomic mass is 10.1. The summed E-state index contributed by atoms with van der Waals surface area (Å²) in [6, 6.07) is 14.0. The molecule has 20 heavy (non-hydrogen) atoms. The van der Waals surface area contributed by atoms with Crippen LogP contribution in [0.5, 0.6) is 5.75 Å². The first kappa shape index (κ1) is 14.3. The molecule has 0 aromatic heterocycles. The molecular weight excluding hydrogens is 322 g/mol. The standard InChI is InChI=1S/C15H12BrNO3/c1-20-14-8-4-12(5-9-14)15(16)10-11-2-6-13(7-3-11)17(18)19/h2-10H,1H3. The van der Waals surface area contributed by atoms with Gasteiger partial charge in [-0.2, -0.15) is 0 Å². The van der Waals surface area contributed by atoms with Crippen molar-refractivity contribution in [1.29, 1.82) is 0 Å². The summed E-state index contributed by atoms with van der Waals surface area (Å²) in [5.74, 6) is 0.796. The second-order valence-corrected chi connectivity index (χ2v) is 4.92. The summed E-state index contributed by atoms with van der Waals surface area (Å²) < 4.78 is 6.00. The lowest BCUT2D eigenvalue weighted by molar-refractivity contribution is -0.384. The molecule has 102 valence electrons. The molecule has 2 aromatic carbocycles. The second kappa shape index (κ2) is 6.34. The van der Waals surface area contributed by atoms with Crippen LogP contribution in [0, 0.1) is 10.1 Å². The zero-order valence-corrected chi connectivity index (χ0v) is 12.3. The molecule has 4 nitrogen and oxygen atoms in total. The van der Waals surface area contributed by atoms with Gasteiger partial charge in [0.1, 0.15) is 5.75 Å². The monoisotopic (exact) mass is 333 g/mol. The Morgan fingerprint density at radius 3 is 2.25 bits per heavy atom. The molecule has 0 amide bonds. The number of rotatable bonds is 4. The van der Waals surface area contributed by atoms with Crippen LogP contribution in [0.3, 0.4) is 0 Å². The molecule has 0 fully saturated rings. The zero-order valence-electron chi connectivity index (χ0n) is 10.7. The van der Waals surface area contributed by atoms with Crippen molar-refractivity contribution in [2.75, 3.05) is 7.11 Å².